The summed E-state index contributed by atoms with van der Waals surface area (Å²) in [5.74, 6) is -0.182. The summed E-state index contributed by atoms with van der Waals surface area (Å²) in [6, 6.07) is 0. The third-order valence-electron chi connectivity index (χ3n) is 9.86. The standard InChI is InChI=1S/C31H52N6O8S2Si2/c1-18(2)29(38)35-27-24-28(33-16-32-27)37(17-34-24)30-26(43-31(46)36-11-13-47(39,40)14-12-36)25-23(42-30)15-41-48(19(3)4,20(5)6)45-49(44-25,21(7)8)22(9)10/h16-23,25-26,30H,11-15H2,1-10H3,(H,32,33,35,38)/t23-,25-,26-,30-/m1/s1. The van der Waals surface area contributed by atoms with Crippen molar-refractivity contribution in [3.8, 4) is 0 Å². The molecule has 0 spiro atoms. The first-order valence-corrected chi connectivity index (χ1v) is 23.4. The predicted octanol–water partition coefficient (Wildman–Crippen LogP) is 4.68. The summed E-state index contributed by atoms with van der Waals surface area (Å²) < 4.78 is 61.5. The first-order chi connectivity index (χ1) is 22.9. The van der Waals surface area contributed by atoms with Gasteiger partial charge in [-0.25, -0.2) is 23.4 Å². The van der Waals surface area contributed by atoms with E-state index in [0.29, 0.717) is 11.2 Å². The minimum atomic E-state index is -3.14. The number of sulfone groups is 1. The van der Waals surface area contributed by atoms with E-state index in [0.717, 1.165) is 0 Å². The van der Waals surface area contributed by atoms with Crippen LogP contribution in [0.3, 0.4) is 0 Å². The van der Waals surface area contributed by atoms with Crippen molar-refractivity contribution in [1.29, 1.82) is 0 Å². The smallest absolute Gasteiger partial charge is 0.335 e. The molecule has 2 aromatic rings. The molecule has 274 valence electrons. The number of nitrogens with one attached hydrogen (secondary N) is 1. The number of anilines is 1. The van der Waals surface area contributed by atoms with Gasteiger partial charge in [0.2, 0.25) is 5.91 Å². The van der Waals surface area contributed by atoms with E-state index < -0.39 is 51.5 Å². The number of ether oxygens (including phenoxy) is 2. The van der Waals surface area contributed by atoms with Gasteiger partial charge >= 0.3 is 17.1 Å². The van der Waals surface area contributed by atoms with Crippen LogP contribution in [0.15, 0.2) is 12.7 Å². The van der Waals surface area contributed by atoms with Gasteiger partial charge in [0.1, 0.15) is 18.5 Å². The van der Waals surface area contributed by atoms with Gasteiger partial charge in [0.05, 0.1) is 24.4 Å². The second-order valence-electron chi connectivity index (χ2n) is 14.8. The van der Waals surface area contributed by atoms with Crippen LogP contribution in [0, 0.1) is 5.92 Å². The molecule has 0 aromatic carbocycles. The summed E-state index contributed by atoms with van der Waals surface area (Å²) in [5, 5.41) is 3.01. The molecular weight excluding hydrogens is 705 g/mol. The Morgan fingerprint density at radius 2 is 1.57 bits per heavy atom. The van der Waals surface area contributed by atoms with Crippen LogP contribution in [-0.2, 0) is 37.1 Å². The number of carbonyl (C=O) groups is 1. The number of hydrogen-bond donors (Lipinski definition) is 1. The fourth-order valence-corrected chi connectivity index (χ4v) is 19.7. The highest BCUT2D eigenvalue weighted by atomic mass is 32.2. The van der Waals surface area contributed by atoms with E-state index in [1.807, 2.05) is 0 Å². The van der Waals surface area contributed by atoms with Crippen molar-refractivity contribution in [2.45, 2.75) is 116 Å². The molecule has 5 heterocycles. The van der Waals surface area contributed by atoms with Crippen LogP contribution in [-0.4, -0.2) is 111 Å². The Morgan fingerprint density at radius 3 is 2.14 bits per heavy atom. The SMILES string of the molecule is CC(C)C(=O)Nc1ncnc2c1ncn2[C@@H]1O[C@@H]2CO[Si](C(C)C)(C(C)C)O[Si](C(C)C)(C(C)C)O[C@H]2[C@H]1OC(=S)N1CCS(=O)(=O)CC1. The van der Waals surface area contributed by atoms with E-state index >= 15 is 0 Å². The second-order valence-corrected chi connectivity index (χ2v) is 26.3. The number of imidazole rings is 1. The number of thiocarbonyl (C=S) groups is 1. The van der Waals surface area contributed by atoms with Gasteiger partial charge in [-0.2, -0.15) is 0 Å². The zero-order chi connectivity index (χ0) is 36.1. The molecule has 3 fully saturated rings. The molecule has 3 aliphatic heterocycles. The number of rotatable bonds is 8. The Labute approximate surface area is 297 Å². The van der Waals surface area contributed by atoms with Crippen LogP contribution in [0.4, 0.5) is 5.82 Å². The van der Waals surface area contributed by atoms with Crippen molar-refractivity contribution in [3.63, 3.8) is 0 Å². The second kappa shape index (κ2) is 14.5. The number of carbonyl (C=O) groups excluding carboxylic acids is 1. The number of nitrogens with zero attached hydrogens (tertiary/aromatic N) is 5. The minimum Gasteiger partial charge on any atom is -0.460 e. The van der Waals surface area contributed by atoms with Crippen molar-refractivity contribution in [2.24, 2.45) is 5.92 Å². The minimum absolute atomic E-state index is 0.00683. The normalized spacial score (nSPS) is 26.7. The van der Waals surface area contributed by atoms with Gasteiger partial charge in [-0.05, 0) is 34.4 Å². The lowest BCUT2D eigenvalue weighted by atomic mass is 10.1. The largest absolute Gasteiger partial charge is 0.460 e. The zero-order valence-electron chi connectivity index (χ0n) is 30.2. The molecule has 0 unspecified atom stereocenters. The molecule has 1 N–H and O–H groups in total. The van der Waals surface area contributed by atoms with Crippen molar-refractivity contribution >= 4 is 67.2 Å². The highest BCUT2D eigenvalue weighted by Gasteiger charge is 2.62. The average Bonchev–Trinajstić information content (AvgIpc) is 3.58. The summed E-state index contributed by atoms with van der Waals surface area (Å²) in [7, 11) is -9.08. The molecule has 49 heavy (non-hydrogen) atoms. The molecule has 4 atom stereocenters. The van der Waals surface area contributed by atoms with Gasteiger partial charge < -0.3 is 32.7 Å². The molecule has 0 radical (unpaired) electrons. The van der Waals surface area contributed by atoms with Crippen molar-refractivity contribution in [1.82, 2.24) is 24.4 Å². The number of aromatic nitrogens is 4. The maximum atomic E-state index is 12.6. The van der Waals surface area contributed by atoms with Crippen molar-refractivity contribution in [2.75, 3.05) is 36.5 Å². The van der Waals surface area contributed by atoms with E-state index in [1.165, 1.54) is 6.33 Å². The van der Waals surface area contributed by atoms with Crippen molar-refractivity contribution < 1.29 is 35.7 Å². The molecule has 5 rings (SSSR count). The van der Waals surface area contributed by atoms with Gasteiger partial charge in [0, 0.05) is 19.0 Å². The topological polar surface area (TPSA) is 156 Å². The molecule has 0 bridgehead atoms. The number of fused-ring (bicyclic) bond motifs is 2. The highest BCUT2D eigenvalue weighted by Crippen LogP contribution is 2.49. The van der Waals surface area contributed by atoms with Crippen LogP contribution in [0.1, 0.15) is 75.5 Å². The van der Waals surface area contributed by atoms with Gasteiger partial charge in [0.25, 0.3) is 5.17 Å². The highest BCUT2D eigenvalue weighted by molar-refractivity contribution is 7.91. The molecule has 18 heteroatoms. The maximum Gasteiger partial charge on any atom is 0.335 e. The predicted molar refractivity (Wildman–Crippen MR) is 194 cm³/mol. The summed E-state index contributed by atoms with van der Waals surface area (Å²) >= 11 is 5.83. The third kappa shape index (κ3) is 7.34. The zero-order valence-corrected chi connectivity index (χ0v) is 33.8. The van der Waals surface area contributed by atoms with Crippen LogP contribution in [0.5, 0.6) is 0 Å². The van der Waals surface area contributed by atoms with Crippen LogP contribution < -0.4 is 5.32 Å². The van der Waals surface area contributed by atoms with Crippen LogP contribution >= 0.6 is 12.2 Å². The number of hydrogen-bond acceptors (Lipinski definition) is 12. The molecule has 2 aromatic heterocycles. The summed E-state index contributed by atoms with van der Waals surface area (Å²) in [5.41, 5.74) is 1.25. The molecule has 0 saturated carbocycles. The van der Waals surface area contributed by atoms with E-state index in [2.05, 4.69) is 75.7 Å². The molecule has 3 saturated heterocycles. The van der Waals surface area contributed by atoms with E-state index in [9.17, 15) is 13.2 Å². The molecule has 3 aliphatic rings. The molecule has 1 amide bonds. The third-order valence-corrected chi connectivity index (χ3v) is 22.1. The first kappa shape index (κ1) is 38.2. The Kier molecular flexibility index (Phi) is 11.3. The summed E-state index contributed by atoms with van der Waals surface area (Å²) in [6.45, 7) is 21.5. The Morgan fingerprint density at radius 1 is 0.959 bits per heavy atom. The quantitative estimate of drug-likeness (QED) is 0.293. The molecule has 0 aliphatic carbocycles. The molecular formula is C31H52N6O8S2Si2. The van der Waals surface area contributed by atoms with E-state index in [1.54, 1.807) is 29.6 Å². The maximum absolute atomic E-state index is 12.6. The van der Waals surface area contributed by atoms with Gasteiger partial charge in [-0.3, -0.25) is 9.36 Å². The number of amides is 1. The lowest BCUT2D eigenvalue weighted by Gasteiger charge is -2.51. The monoisotopic (exact) mass is 756 g/mol. The van der Waals surface area contributed by atoms with Crippen LogP contribution in [0.25, 0.3) is 11.2 Å². The Balaban J connectivity index is 1.60. The average molecular weight is 757 g/mol. The Bertz CT molecular complexity index is 1610. The summed E-state index contributed by atoms with van der Waals surface area (Å²) in [4.78, 5) is 27.8. The lowest BCUT2D eigenvalue weighted by molar-refractivity contribution is -0.118. The first-order valence-electron chi connectivity index (χ1n) is 17.2. The fraction of sp³-hybridized carbons (Fsp3) is 0.774. The Hall–Kier alpha value is -2.07. The molecule has 14 nitrogen and oxygen atoms in total. The van der Waals surface area contributed by atoms with E-state index in [4.69, 9.17) is 34.7 Å². The van der Waals surface area contributed by atoms with Crippen molar-refractivity contribution in [3.05, 3.63) is 12.7 Å². The van der Waals surface area contributed by atoms with Gasteiger partial charge in [-0.1, -0.05) is 69.2 Å². The van der Waals surface area contributed by atoms with Crippen LogP contribution in [0.2, 0.25) is 22.2 Å². The lowest BCUT2D eigenvalue weighted by Crippen LogP contribution is -2.66. The fourth-order valence-electron chi connectivity index (χ4n) is 6.95. The van der Waals surface area contributed by atoms with Gasteiger partial charge in [-0.15, -0.1) is 0 Å². The van der Waals surface area contributed by atoms with E-state index in [-0.39, 0.29) is 76.2 Å². The van der Waals surface area contributed by atoms with Gasteiger partial charge in [0.15, 0.2) is 39.2 Å². The summed E-state index contributed by atoms with van der Waals surface area (Å²) in [6.07, 6.45) is 0.125.